The van der Waals surface area contributed by atoms with Crippen LogP contribution >= 0.6 is 0 Å². The highest BCUT2D eigenvalue weighted by Gasteiger charge is 2.09. The van der Waals surface area contributed by atoms with Crippen LogP contribution in [0.15, 0.2) is 48.5 Å². The second kappa shape index (κ2) is 9.36. The number of hydrogen-bond donors (Lipinski definition) is 2. The maximum absolute atomic E-state index is 12.0. The molecule has 0 saturated heterocycles. The van der Waals surface area contributed by atoms with E-state index in [-0.39, 0.29) is 11.8 Å². The molecule has 136 valence electrons. The molecular formula is C20H22N2O4. The summed E-state index contributed by atoms with van der Waals surface area (Å²) in [6.45, 7) is 2.87. The lowest BCUT2D eigenvalue weighted by molar-refractivity contribution is 0.0600. The summed E-state index contributed by atoms with van der Waals surface area (Å²) >= 11 is 0. The maximum Gasteiger partial charge on any atom is 0.337 e. The summed E-state index contributed by atoms with van der Waals surface area (Å²) in [5, 5.41) is 5.59. The number of nitrogens with one attached hydrogen (secondary N) is 2. The molecule has 2 aromatic carbocycles. The molecule has 0 aliphatic heterocycles. The molecule has 0 aromatic heterocycles. The van der Waals surface area contributed by atoms with Crippen LogP contribution in [0.1, 0.15) is 43.1 Å². The molecule has 0 fully saturated rings. The van der Waals surface area contributed by atoms with Crippen molar-refractivity contribution in [2.75, 3.05) is 20.2 Å². The normalized spacial score (nSPS) is 10.1. The zero-order valence-electron chi connectivity index (χ0n) is 14.9. The lowest BCUT2D eigenvalue weighted by Gasteiger charge is -2.08. The molecule has 0 bridgehead atoms. The predicted molar refractivity (Wildman–Crippen MR) is 98.2 cm³/mol. The first kappa shape index (κ1) is 19.2. The monoisotopic (exact) mass is 354 g/mol. The van der Waals surface area contributed by atoms with Crippen molar-refractivity contribution in [1.82, 2.24) is 10.6 Å². The molecule has 6 nitrogen and oxygen atoms in total. The average molecular weight is 354 g/mol. The fourth-order valence-electron chi connectivity index (χ4n) is 2.28. The summed E-state index contributed by atoms with van der Waals surface area (Å²) in [5.41, 5.74) is 2.57. The molecule has 0 atom stereocenters. The van der Waals surface area contributed by atoms with Gasteiger partial charge in [0.05, 0.1) is 12.7 Å². The molecule has 26 heavy (non-hydrogen) atoms. The van der Waals surface area contributed by atoms with E-state index in [2.05, 4.69) is 15.4 Å². The van der Waals surface area contributed by atoms with Crippen LogP contribution in [0.5, 0.6) is 0 Å². The van der Waals surface area contributed by atoms with Crippen molar-refractivity contribution < 1.29 is 19.1 Å². The molecule has 0 radical (unpaired) electrons. The smallest absolute Gasteiger partial charge is 0.337 e. The quantitative estimate of drug-likeness (QED) is 0.590. The Hall–Kier alpha value is -3.15. The number of rotatable bonds is 7. The fraction of sp³-hybridized carbons (Fsp3) is 0.250. The molecule has 0 spiro atoms. The molecular weight excluding hydrogens is 332 g/mol. The van der Waals surface area contributed by atoms with E-state index in [4.69, 9.17) is 0 Å². The molecule has 2 N–H and O–H groups in total. The number of amides is 2. The number of benzene rings is 2. The van der Waals surface area contributed by atoms with Gasteiger partial charge in [0.15, 0.2) is 0 Å². The lowest BCUT2D eigenvalue weighted by Crippen LogP contribution is -2.29. The number of esters is 1. The first-order valence-electron chi connectivity index (χ1n) is 8.32. The van der Waals surface area contributed by atoms with E-state index in [1.54, 1.807) is 36.4 Å². The third-order valence-corrected chi connectivity index (χ3v) is 3.81. The molecule has 0 aliphatic carbocycles. The van der Waals surface area contributed by atoms with E-state index in [1.165, 1.54) is 7.11 Å². The highest BCUT2D eigenvalue weighted by atomic mass is 16.5. The van der Waals surface area contributed by atoms with Gasteiger partial charge in [-0.25, -0.2) is 4.79 Å². The van der Waals surface area contributed by atoms with Crippen molar-refractivity contribution in [3.63, 3.8) is 0 Å². The lowest BCUT2D eigenvalue weighted by atomic mass is 10.1. The number of ether oxygens (including phenoxy) is 1. The molecule has 2 rings (SSSR count). The van der Waals surface area contributed by atoms with Crippen LogP contribution in [0.4, 0.5) is 0 Å². The third-order valence-electron chi connectivity index (χ3n) is 3.81. The first-order valence-corrected chi connectivity index (χ1v) is 8.32. The standard InChI is InChI=1S/C20H22N2O4/c1-14-4-6-15(7-5-14)18(23)21-12-3-13-22-19(24)16-8-10-17(11-9-16)20(25)26-2/h4-11H,3,12-13H2,1-2H3,(H,21,23)(H,22,24). The van der Waals surface area contributed by atoms with Crippen LogP contribution in [0.25, 0.3) is 0 Å². The Kier molecular flexibility index (Phi) is 6.91. The Labute approximate surface area is 152 Å². The Morgan fingerprint density at radius 1 is 0.769 bits per heavy atom. The molecule has 6 heteroatoms. The van der Waals surface area contributed by atoms with Crippen molar-refractivity contribution in [3.8, 4) is 0 Å². The van der Waals surface area contributed by atoms with Gasteiger partial charge in [0.1, 0.15) is 0 Å². The van der Waals surface area contributed by atoms with Gasteiger partial charge in [-0.2, -0.15) is 0 Å². The minimum atomic E-state index is -0.443. The van der Waals surface area contributed by atoms with Crippen LogP contribution in [-0.2, 0) is 4.74 Å². The van der Waals surface area contributed by atoms with Gasteiger partial charge in [-0.3, -0.25) is 9.59 Å². The van der Waals surface area contributed by atoms with Crippen LogP contribution < -0.4 is 10.6 Å². The number of carbonyl (C=O) groups excluding carboxylic acids is 3. The summed E-state index contributed by atoms with van der Waals surface area (Å²) < 4.78 is 4.61. The Balaban J connectivity index is 1.70. The van der Waals surface area contributed by atoms with Gasteiger partial charge in [-0.05, 0) is 49.7 Å². The van der Waals surface area contributed by atoms with Gasteiger partial charge in [0.25, 0.3) is 11.8 Å². The zero-order chi connectivity index (χ0) is 18.9. The summed E-state index contributed by atoms with van der Waals surface area (Å²) in [6.07, 6.45) is 0.615. The third kappa shape index (κ3) is 5.44. The summed E-state index contributed by atoms with van der Waals surface area (Å²) in [7, 11) is 1.31. The minimum Gasteiger partial charge on any atom is -0.465 e. The molecule has 2 aromatic rings. The number of hydrogen-bond acceptors (Lipinski definition) is 4. The second-order valence-corrected chi connectivity index (χ2v) is 5.80. The Bertz CT molecular complexity index is 767. The van der Waals surface area contributed by atoms with Crippen LogP contribution in [0.3, 0.4) is 0 Å². The minimum absolute atomic E-state index is 0.130. The van der Waals surface area contributed by atoms with Gasteiger partial charge < -0.3 is 15.4 Å². The zero-order valence-corrected chi connectivity index (χ0v) is 14.9. The molecule has 0 saturated carbocycles. The number of carbonyl (C=O) groups is 3. The molecule has 0 heterocycles. The highest BCUT2D eigenvalue weighted by Crippen LogP contribution is 2.06. The maximum atomic E-state index is 12.0. The van der Waals surface area contributed by atoms with Crippen LogP contribution in [0.2, 0.25) is 0 Å². The molecule has 2 amide bonds. The van der Waals surface area contributed by atoms with Gasteiger partial charge in [-0.1, -0.05) is 17.7 Å². The Morgan fingerprint density at radius 2 is 1.19 bits per heavy atom. The van der Waals surface area contributed by atoms with Crippen molar-refractivity contribution >= 4 is 17.8 Å². The van der Waals surface area contributed by atoms with Crippen molar-refractivity contribution in [2.24, 2.45) is 0 Å². The molecule has 0 aliphatic rings. The Morgan fingerprint density at radius 3 is 1.65 bits per heavy atom. The highest BCUT2D eigenvalue weighted by molar-refractivity contribution is 5.96. The van der Waals surface area contributed by atoms with E-state index < -0.39 is 5.97 Å². The fourth-order valence-corrected chi connectivity index (χ4v) is 2.28. The van der Waals surface area contributed by atoms with Gasteiger partial charge in [0, 0.05) is 24.2 Å². The predicted octanol–water partition coefficient (Wildman–Crippen LogP) is 2.33. The van der Waals surface area contributed by atoms with Crippen LogP contribution in [0, 0.1) is 6.92 Å². The molecule has 0 unspecified atom stereocenters. The topological polar surface area (TPSA) is 84.5 Å². The van der Waals surface area contributed by atoms with Crippen molar-refractivity contribution in [3.05, 3.63) is 70.8 Å². The van der Waals surface area contributed by atoms with Gasteiger partial charge in [-0.15, -0.1) is 0 Å². The van der Waals surface area contributed by atoms with Crippen LogP contribution in [-0.4, -0.2) is 38.0 Å². The van der Waals surface area contributed by atoms with Crippen molar-refractivity contribution in [2.45, 2.75) is 13.3 Å². The average Bonchev–Trinajstić information content (AvgIpc) is 2.67. The largest absolute Gasteiger partial charge is 0.465 e. The van der Waals surface area contributed by atoms with E-state index in [9.17, 15) is 14.4 Å². The van der Waals surface area contributed by atoms with E-state index in [0.717, 1.165) is 5.56 Å². The van der Waals surface area contributed by atoms with Gasteiger partial charge >= 0.3 is 5.97 Å². The van der Waals surface area contributed by atoms with Crippen molar-refractivity contribution in [1.29, 1.82) is 0 Å². The summed E-state index contributed by atoms with van der Waals surface area (Å²) in [4.78, 5) is 35.3. The SMILES string of the molecule is COC(=O)c1ccc(C(=O)NCCCNC(=O)c2ccc(C)cc2)cc1. The number of methoxy groups -OCH3 is 1. The second-order valence-electron chi connectivity index (χ2n) is 5.80. The summed E-state index contributed by atoms with van der Waals surface area (Å²) in [6, 6.07) is 13.6. The first-order chi connectivity index (χ1) is 12.5. The van der Waals surface area contributed by atoms with E-state index >= 15 is 0 Å². The van der Waals surface area contributed by atoms with E-state index in [1.807, 2.05) is 19.1 Å². The summed E-state index contributed by atoms with van der Waals surface area (Å²) in [5.74, 6) is -0.803. The number of aryl methyl sites for hydroxylation is 1. The van der Waals surface area contributed by atoms with Gasteiger partial charge in [0.2, 0.25) is 0 Å². The van der Waals surface area contributed by atoms with E-state index in [0.29, 0.717) is 36.2 Å².